The summed E-state index contributed by atoms with van der Waals surface area (Å²) in [5.41, 5.74) is 0. The molecule has 0 aliphatic carbocycles. The average molecular weight is 303 g/mol. The third-order valence-corrected chi connectivity index (χ3v) is 7.72. The van der Waals surface area contributed by atoms with E-state index in [-0.39, 0.29) is 0 Å². The van der Waals surface area contributed by atoms with E-state index in [1.165, 1.54) is 38.5 Å². The second-order valence-corrected chi connectivity index (χ2v) is 10.2. The van der Waals surface area contributed by atoms with Crippen LogP contribution in [-0.2, 0) is 8.85 Å². The summed E-state index contributed by atoms with van der Waals surface area (Å²) in [5.74, 6) is 0.770. The molecule has 0 saturated heterocycles. The van der Waals surface area contributed by atoms with Gasteiger partial charge in [0.2, 0.25) is 0 Å². The minimum Gasteiger partial charge on any atom is -0.394 e. The largest absolute Gasteiger partial charge is 0.394 e. The van der Waals surface area contributed by atoms with Crippen LogP contribution in [0, 0.1) is 5.92 Å². The third-order valence-electron chi connectivity index (χ3n) is 4.00. The summed E-state index contributed by atoms with van der Waals surface area (Å²) in [6, 6.07) is 2.15. The first kappa shape index (κ1) is 20.1. The van der Waals surface area contributed by atoms with E-state index in [2.05, 4.69) is 41.5 Å². The number of hydrogen-bond acceptors (Lipinski definition) is 2. The smallest absolute Gasteiger partial charge is 0.337 e. The van der Waals surface area contributed by atoms with Crippen molar-refractivity contribution in [3.63, 3.8) is 0 Å². The molecule has 0 aliphatic rings. The van der Waals surface area contributed by atoms with Crippen molar-refractivity contribution in [2.75, 3.05) is 6.61 Å². The predicted octanol–water partition coefficient (Wildman–Crippen LogP) is 5.91. The van der Waals surface area contributed by atoms with Crippen LogP contribution in [0.3, 0.4) is 0 Å². The van der Waals surface area contributed by atoms with Gasteiger partial charge in [0.15, 0.2) is 0 Å². The summed E-state index contributed by atoms with van der Waals surface area (Å²) in [4.78, 5) is 0. The molecule has 0 fully saturated rings. The van der Waals surface area contributed by atoms with Crippen molar-refractivity contribution >= 4 is 8.56 Å². The van der Waals surface area contributed by atoms with Gasteiger partial charge in [-0.2, -0.15) is 0 Å². The lowest BCUT2D eigenvalue weighted by molar-refractivity contribution is 0.113. The highest BCUT2D eigenvalue weighted by Gasteiger charge is 2.35. The Morgan fingerprint density at radius 2 is 1.50 bits per heavy atom. The predicted molar refractivity (Wildman–Crippen MR) is 91.4 cm³/mol. The van der Waals surface area contributed by atoms with Crippen molar-refractivity contribution in [2.45, 2.75) is 98.3 Å². The van der Waals surface area contributed by atoms with Crippen molar-refractivity contribution in [1.82, 2.24) is 0 Å². The molecule has 0 amide bonds. The highest BCUT2D eigenvalue weighted by Crippen LogP contribution is 2.23. The van der Waals surface area contributed by atoms with Crippen molar-refractivity contribution in [2.24, 2.45) is 5.92 Å². The average Bonchev–Trinajstić information content (AvgIpc) is 2.42. The maximum atomic E-state index is 6.41. The molecule has 2 nitrogen and oxygen atoms in total. The van der Waals surface area contributed by atoms with E-state index in [0.717, 1.165) is 24.6 Å². The fourth-order valence-electron chi connectivity index (χ4n) is 2.51. The summed E-state index contributed by atoms with van der Waals surface area (Å²) in [6.07, 6.45) is 7.83. The molecular formula is C17H38O2Si. The highest BCUT2D eigenvalue weighted by molar-refractivity contribution is 6.67. The first-order valence-corrected chi connectivity index (χ1v) is 11.0. The summed E-state index contributed by atoms with van der Waals surface area (Å²) in [7, 11) is -1.94. The van der Waals surface area contributed by atoms with Gasteiger partial charge in [-0.25, -0.2) is 0 Å². The maximum Gasteiger partial charge on any atom is 0.337 e. The van der Waals surface area contributed by atoms with Crippen LogP contribution in [0.15, 0.2) is 0 Å². The Morgan fingerprint density at radius 3 is 2.00 bits per heavy atom. The Morgan fingerprint density at radius 1 is 0.850 bits per heavy atom. The van der Waals surface area contributed by atoms with Gasteiger partial charge in [-0.15, -0.1) is 0 Å². The van der Waals surface area contributed by atoms with Crippen LogP contribution < -0.4 is 0 Å². The van der Waals surface area contributed by atoms with Gasteiger partial charge in [0, 0.05) is 12.7 Å². The first-order valence-electron chi connectivity index (χ1n) is 8.81. The molecule has 0 radical (unpaired) electrons. The third kappa shape index (κ3) is 9.14. The van der Waals surface area contributed by atoms with Gasteiger partial charge in [-0.3, -0.25) is 0 Å². The van der Waals surface area contributed by atoms with E-state index in [1.54, 1.807) is 0 Å². The molecule has 1 atom stereocenters. The van der Waals surface area contributed by atoms with E-state index < -0.39 is 8.56 Å². The maximum absolute atomic E-state index is 6.41. The lowest BCUT2D eigenvalue weighted by Crippen LogP contribution is -2.43. The van der Waals surface area contributed by atoms with Gasteiger partial charge >= 0.3 is 8.56 Å². The van der Waals surface area contributed by atoms with E-state index in [0.29, 0.717) is 6.10 Å². The fourth-order valence-corrected chi connectivity index (χ4v) is 5.19. The Bertz CT molecular complexity index is 215. The molecule has 20 heavy (non-hydrogen) atoms. The number of rotatable bonds is 13. The second kappa shape index (κ2) is 11.8. The van der Waals surface area contributed by atoms with Crippen molar-refractivity contribution < 1.29 is 8.85 Å². The van der Waals surface area contributed by atoms with Gasteiger partial charge < -0.3 is 8.85 Å². The van der Waals surface area contributed by atoms with Crippen LogP contribution in [0.1, 0.15) is 80.1 Å². The minimum atomic E-state index is -1.94. The van der Waals surface area contributed by atoms with Crippen LogP contribution in [0.25, 0.3) is 0 Å². The molecule has 0 saturated carbocycles. The molecule has 0 bridgehead atoms. The minimum absolute atomic E-state index is 0.359. The summed E-state index contributed by atoms with van der Waals surface area (Å²) >= 11 is 0. The van der Waals surface area contributed by atoms with Gasteiger partial charge in [-0.1, -0.05) is 53.9 Å². The lowest BCUT2D eigenvalue weighted by Gasteiger charge is -2.32. The first-order chi connectivity index (χ1) is 9.49. The Balaban J connectivity index is 4.15. The summed E-state index contributed by atoms with van der Waals surface area (Å²) in [5, 5.41) is 0. The topological polar surface area (TPSA) is 18.5 Å². The van der Waals surface area contributed by atoms with Crippen molar-refractivity contribution in [1.29, 1.82) is 0 Å². The summed E-state index contributed by atoms with van der Waals surface area (Å²) in [6.45, 7) is 14.4. The Hall–Kier alpha value is 0.137. The zero-order valence-electron chi connectivity index (χ0n) is 14.8. The SMILES string of the molecule is CCCCCC(C)O[Si](CC)(CC)OCCCC(C)C. The van der Waals surface area contributed by atoms with E-state index >= 15 is 0 Å². The monoisotopic (exact) mass is 302 g/mol. The van der Waals surface area contributed by atoms with Gasteiger partial charge in [-0.05, 0) is 44.2 Å². The normalized spacial score (nSPS) is 13.9. The van der Waals surface area contributed by atoms with E-state index in [9.17, 15) is 0 Å². The molecule has 0 rings (SSSR count). The summed E-state index contributed by atoms with van der Waals surface area (Å²) < 4.78 is 12.7. The molecule has 0 spiro atoms. The van der Waals surface area contributed by atoms with Gasteiger partial charge in [0.1, 0.15) is 0 Å². The standard InChI is InChI=1S/C17H38O2Si/c1-7-10-11-14-17(6)19-20(8-2,9-3)18-15-12-13-16(4)5/h16-17H,7-15H2,1-6H3. The number of hydrogen-bond donors (Lipinski definition) is 0. The van der Waals surface area contributed by atoms with Crippen molar-refractivity contribution in [3.8, 4) is 0 Å². The Kier molecular flexibility index (Phi) is 11.8. The van der Waals surface area contributed by atoms with Crippen molar-refractivity contribution in [3.05, 3.63) is 0 Å². The molecule has 0 aliphatic heterocycles. The molecule has 0 aromatic carbocycles. The van der Waals surface area contributed by atoms with Gasteiger partial charge in [0.05, 0.1) is 0 Å². The van der Waals surface area contributed by atoms with Crippen LogP contribution >= 0.6 is 0 Å². The van der Waals surface area contributed by atoms with E-state index in [4.69, 9.17) is 8.85 Å². The quantitative estimate of drug-likeness (QED) is 0.311. The van der Waals surface area contributed by atoms with Crippen LogP contribution in [-0.4, -0.2) is 21.3 Å². The molecular weight excluding hydrogens is 264 g/mol. The lowest BCUT2D eigenvalue weighted by atomic mass is 10.1. The molecule has 3 heteroatoms. The van der Waals surface area contributed by atoms with Gasteiger partial charge in [0.25, 0.3) is 0 Å². The molecule has 0 aromatic rings. The molecule has 0 N–H and O–H groups in total. The van der Waals surface area contributed by atoms with Crippen LogP contribution in [0.4, 0.5) is 0 Å². The second-order valence-electron chi connectivity index (χ2n) is 6.43. The fraction of sp³-hybridized carbons (Fsp3) is 1.00. The molecule has 0 aromatic heterocycles. The van der Waals surface area contributed by atoms with E-state index in [1.807, 2.05) is 0 Å². The zero-order chi connectivity index (χ0) is 15.4. The van der Waals surface area contributed by atoms with Crippen LogP contribution in [0.2, 0.25) is 12.1 Å². The number of unbranched alkanes of at least 4 members (excludes halogenated alkanes) is 2. The van der Waals surface area contributed by atoms with Crippen LogP contribution in [0.5, 0.6) is 0 Å². The zero-order valence-corrected chi connectivity index (χ0v) is 15.8. The Labute approximate surface area is 128 Å². The molecule has 122 valence electrons. The highest BCUT2D eigenvalue weighted by atomic mass is 28.4. The molecule has 0 heterocycles. The molecule has 1 unspecified atom stereocenters.